The molecule has 0 unspecified atom stereocenters. The lowest BCUT2D eigenvalue weighted by Gasteiger charge is -2.30. The van der Waals surface area contributed by atoms with Crippen LogP contribution in [-0.2, 0) is 11.2 Å². The van der Waals surface area contributed by atoms with Gasteiger partial charge in [0.2, 0.25) is 23.2 Å². The molecule has 0 saturated heterocycles. The lowest BCUT2D eigenvalue weighted by atomic mass is 10.0. The first-order valence-corrected chi connectivity index (χ1v) is 12.5. The van der Waals surface area contributed by atoms with Crippen LogP contribution < -0.4 is 9.64 Å². The predicted molar refractivity (Wildman–Crippen MR) is 133 cm³/mol. The van der Waals surface area contributed by atoms with Crippen LogP contribution in [0.15, 0.2) is 47.6 Å². The van der Waals surface area contributed by atoms with Gasteiger partial charge in [-0.2, -0.15) is 4.98 Å². The van der Waals surface area contributed by atoms with Gasteiger partial charge in [-0.05, 0) is 48.6 Å². The lowest BCUT2D eigenvalue weighted by Crippen LogP contribution is -2.36. The monoisotopic (exact) mass is 482 g/mol. The molecule has 0 saturated carbocycles. The Morgan fingerprint density at radius 1 is 1.21 bits per heavy atom. The molecule has 172 valence electrons. The zero-order chi connectivity index (χ0) is 23.5. The fraction of sp³-hybridized carbons (Fsp3) is 0.360. The smallest absolute Gasteiger partial charge is 0.247 e. The highest BCUT2D eigenvalue weighted by atomic mass is 35.5. The van der Waals surface area contributed by atoms with Crippen LogP contribution >= 0.6 is 23.4 Å². The Bertz CT molecular complexity index is 1170. The molecule has 1 amide bonds. The van der Waals surface area contributed by atoms with E-state index in [1.165, 1.54) is 6.92 Å². The molecule has 8 heteroatoms. The Hall–Kier alpha value is -2.64. The van der Waals surface area contributed by atoms with Crippen molar-refractivity contribution in [2.24, 2.45) is 5.92 Å². The number of hydrogen-bond donors (Lipinski definition) is 0. The topological polar surface area (TPSA) is 68.2 Å². The number of aryl methyl sites for hydroxylation is 1. The summed E-state index contributed by atoms with van der Waals surface area (Å²) in [6.45, 7) is 7.99. The van der Waals surface area contributed by atoms with E-state index in [1.807, 2.05) is 30.3 Å². The van der Waals surface area contributed by atoms with Crippen molar-refractivity contribution in [3.8, 4) is 17.1 Å². The van der Waals surface area contributed by atoms with Crippen LogP contribution in [0.25, 0.3) is 11.3 Å². The van der Waals surface area contributed by atoms with E-state index in [9.17, 15) is 4.79 Å². The van der Waals surface area contributed by atoms with Crippen LogP contribution in [0.4, 0.5) is 5.69 Å². The van der Waals surface area contributed by atoms with Crippen molar-refractivity contribution in [1.82, 2.24) is 15.2 Å². The number of thioether (sulfide) groups is 1. The van der Waals surface area contributed by atoms with E-state index in [2.05, 4.69) is 31.0 Å². The number of amides is 1. The van der Waals surface area contributed by atoms with Gasteiger partial charge in [-0.3, -0.25) is 9.69 Å². The van der Waals surface area contributed by atoms with Gasteiger partial charge in [0.05, 0.1) is 5.69 Å². The van der Waals surface area contributed by atoms with Gasteiger partial charge in [-0.15, -0.1) is 10.2 Å². The second-order valence-corrected chi connectivity index (χ2v) is 9.90. The van der Waals surface area contributed by atoms with Crippen LogP contribution in [0.3, 0.4) is 0 Å². The van der Waals surface area contributed by atoms with Gasteiger partial charge in [0.15, 0.2) is 5.69 Å². The van der Waals surface area contributed by atoms with Crippen molar-refractivity contribution in [3.05, 3.63) is 58.6 Å². The standard InChI is InChI=1S/C25H27ClN4O2S/c1-5-17-9-10-21-20(13-17)22-23(27-25(29-28-22)33-12-11-15(2)3)32-24(30(21)16(4)31)18-7-6-8-19(26)14-18/h6-10,13-15,24H,5,11-12H2,1-4H3/t24-/m1/s1. The SMILES string of the molecule is CCc1ccc2c(c1)-c1nnc(SCCC(C)C)nc1O[C@H](c1cccc(Cl)c1)N2C(C)=O. The lowest BCUT2D eigenvalue weighted by molar-refractivity contribution is -0.118. The first kappa shape index (κ1) is 23.5. The highest BCUT2D eigenvalue weighted by molar-refractivity contribution is 7.99. The molecule has 0 N–H and O–H groups in total. The number of anilines is 1. The molecule has 0 radical (unpaired) electrons. The van der Waals surface area contributed by atoms with Gasteiger partial charge >= 0.3 is 0 Å². The Morgan fingerprint density at radius 2 is 2.03 bits per heavy atom. The van der Waals surface area contributed by atoms with E-state index >= 15 is 0 Å². The number of aromatic nitrogens is 3. The zero-order valence-corrected chi connectivity index (χ0v) is 20.8. The molecular weight excluding hydrogens is 456 g/mol. The third kappa shape index (κ3) is 5.14. The van der Waals surface area contributed by atoms with Crippen LogP contribution in [0.2, 0.25) is 5.02 Å². The second-order valence-electron chi connectivity index (χ2n) is 8.40. The number of carbonyl (C=O) groups is 1. The summed E-state index contributed by atoms with van der Waals surface area (Å²) in [6.07, 6.45) is 1.17. The molecule has 2 aromatic carbocycles. The van der Waals surface area contributed by atoms with Crippen molar-refractivity contribution in [3.63, 3.8) is 0 Å². The molecule has 0 bridgehead atoms. The summed E-state index contributed by atoms with van der Waals surface area (Å²) in [5.74, 6) is 1.70. The summed E-state index contributed by atoms with van der Waals surface area (Å²) in [7, 11) is 0. The summed E-state index contributed by atoms with van der Waals surface area (Å²) >= 11 is 7.84. The second kappa shape index (κ2) is 10.1. The van der Waals surface area contributed by atoms with Crippen LogP contribution in [-0.4, -0.2) is 26.8 Å². The van der Waals surface area contributed by atoms with E-state index < -0.39 is 6.23 Å². The van der Waals surface area contributed by atoms with E-state index in [-0.39, 0.29) is 5.91 Å². The van der Waals surface area contributed by atoms with Gasteiger partial charge < -0.3 is 4.74 Å². The van der Waals surface area contributed by atoms with Gasteiger partial charge in [-0.25, -0.2) is 0 Å². The molecule has 6 nitrogen and oxygen atoms in total. The number of carbonyl (C=O) groups excluding carboxylic acids is 1. The van der Waals surface area contributed by atoms with E-state index in [4.69, 9.17) is 21.3 Å². The molecule has 3 aromatic rings. The highest BCUT2D eigenvalue weighted by Gasteiger charge is 2.34. The number of halogens is 1. The molecule has 1 atom stereocenters. The maximum Gasteiger partial charge on any atom is 0.247 e. The third-order valence-electron chi connectivity index (χ3n) is 5.48. The number of rotatable bonds is 6. The van der Waals surface area contributed by atoms with E-state index in [1.54, 1.807) is 28.8 Å². The zero-order valence-electron chi connectivity index (χ0n) is 19.2. The van der Waals surface area contributed by atoms with Crippen molar-refractivity contribution < 1.29 is 9.53 Å². The van der Waals surface area contributed by atoms with Crippen molar-refractivity contribution in [2.45, 2.75) is 51.9 Å². The molecule has 2 heterocycles. The van der Waals surface area contributed by atoms with Gasteiger partial charge in [-0.1, -0.05) is 62.3 Å². The Morgan fingerprint density at radius 3 is 2.73 bits per heavy atom. The predicted octanol–water partition coefficient (Wildman–Crippen LogP) is 6.34. The minimum absolute atomic E-state index is 0.155. The summed E-state index contributed by atoms with van der Waals surface area (Å²) in [4.78, 5) is 19.3. The van der Waals surface area contributed by atoms with Crippen LogP contribution in [0, 0.1) is 5.92 Å². The molecule has 0 fully saturated rings. The number of ether oxygens (including phenoxy) is 1. The van der Waals surface area contributed by atoms with Gasteiger partial charge in [0.1, 0.15) is 0 Å². The number of benzene rings is 2. The fourth-order valence-electron chi connectivity index (χ4n) is 3.70. The van der Waals surface area contributed by atoms with E-state index in [0.29, 0.717) is 33.4 Å². The molecule has 4 rings (SSSR count). The molecule has 1 aliphatic rings. The highest BCUT2D eigenvalue weighted by Crippen LogP contribution is 2.44. The fourth-order valence-corrected chi connectivity index (χ4v) is 4.91. The van der Waals surface area contributed by atoms with Crippen LogP contribution in [0.5, 0.6) is 5.88 Å². The number of hydrogen-bond acceptors (Lipinski definition) is 6. The molecule has 0 aliphatic carbocycles. The Balaban J connectivity index is 1.86. The number of fused-ring (bicyclic) bond motifs is 3. The summed E-state index contributed by atoms with van der Waals surface area (Å²) in [6, 6.07) is 13.3. The molecular formula is C25H27ClN4O2S. The third-order valence-corrected chi connectivity index (χ3v) is 6.58. The minimum Gasteiger partial charge on any atom is -0.447 e. The van der Waals surface area contributed by atoms with Crippen LogP contribution in [0.1, 0.15) is 51.5 Å². The van der Waals surface area contributed by atoms with Crippen molar-refractivity contribution >= 4 is 35.0 Å². The number of nitrogens with zero attached hydrogens (tertiary/aromatic N) is 4. The maximum absolute atomic E-state index is 12.9. The first-order chi connectivity index (χ1) is 15.9. The first-order valence-electron chi connectivity index (χ1n) is 11.1. The van der Waals surface area contributed by atoms with Gasteiger partial charge in [0, 0.05) is 28.8 Å². The minimum atomic E-state index is -0.737. The molecule has 33 heavy (non-hydrogen) atoms. The molecule has 0 spiro atoms. The normalized spacial score (nSPS) is 15.0. The average Bonchev–Trinajstić information content (AvgIpc) is 2.92. The van der Waals surface area contributed by atoms with Gasteiger partial charge in [0.25, 0.3) is 0 Å². The largest absolute Gasteiger partial charge is 0.447 e. The average molecular weight is 483 g/mol. The Kier molecular flexibility index (Phi) is 7.20. The Labute approximate surface area is 203 Å². The quantitative estimate of drug-likeness (QED) is 0.382. The maximum atomic E-state index is 12.9. The van der Waals surface area contributed by atoms with E-state index in [0.717, 1.165) is 35.3 Å². The molecule has 1 aromatic heterocycles. The van der Waals surface area contributed by atoms with Crippen molar-refractivity contribution in [2.75, 3.05) is 10.7 Å². The summed E-state index contributed by atoms with van der Waals surface area (Å²) in [5, 5.41) is 10.00. The summed E-state index contributed by atoms with van der Waals surface area (Å²) in [5.41, 5.74) is 3.90. The summed E-state index contributed by atoms with van der Waals surface area (Å²) < 4.78 is 6.42. The van der Waals surface area contributed by atoms with Crippen molar-refractivity contribution in [1.29, 1.82) is 0 Å². The molecule has 1 aliphatic heterocycles.